The lowest BCUT2D eigenvalue weighted by Gasteiger charge is -2.40. The van der Waals surface area contributed by atoms with Crippen LogP contribution in [0.5, 0.6) is 0 Å². The monoisotopic (exact) mass is 326 g/mol. The van der Waals surface area contributed by atoms with Crippen LogP contribution in [0.15, 0.2) is 23.2 Å². The largest absolute Gasteiger partial charge is 0.371 e. The second-order valence-electron chi connectivity index (χ2n) is 5.72. The third kappa shape index (κ3) is 3.69. The number of likely N-dealkylation sites (N-methyl/N-ethyl adjacent to an activating group) is 1. The van der Waals surface area contributed by atoms with E-state index in [1.54, 1.807) is 6.07 Å². The van der Waals surface area contributed by atoms with Crippen LogP contribution in [0.4, 0.5) is 0 Å². The van der Waals surface area contributed by atoms with Gasteiger partial charge in [0.05, 0.1) is 12.6 Å². The summed E-state index contributed by atoms with van der Waals surface area (Å²) in [5.41, 5.74) is 1.15. The van der Waals surface area contributed by atoms with Gasteiger partial charge in [0.25, 0.3) is 0 Å². The number of aliphatic imine (C=N–C) groups is 1. The Morgan fingerprint density at radius 3 is 2.67 bits per heavy atom. The Bertz CT molecular complexity index is 526. The van der Waals surface area contributed by atoms with Gasteiger partial charge in [0.1, 0.15) is 5.84 Å². The molecule has 2 aliphatic heterocycles. The van der Waals surface area contributed by atoms with Crippen LogP contribution >= 0.6 is 23.2 Å². The lowest BCUT2D eigenvalue weighted by Crippen LogP contribution is -2.56. The van der Waals surface area contributed by atoms with Crippen LogP contribution in [0.25, 0.3) is 0 Å². The zero-order chi connectivity index (χ0) is 14.8. The Balaban J connectivity index is 1.78. The number of hydrogen-bond donors (Lipinski definition) is 1. The second-order valence-corrected chi connectivity index (χ2v) is 6.59. The summed E-state index contributed by atoms with van der Waals surface area (Å²) in [5, 5.41) is 4.80. The molecule has 21 heavy (non-hydrogen) atoms. The molecule has 114 valence electrons. The van der Waals surface area contributed by atoms with Crippen molar-refractivity contribution in [1.82, 2.24) is 15.1 Å². The van der Waals surface area contributed by atoms with Crippen molar-refractivity contribution in [3.8, 4) is 0 Å². The fraction of sp³-hybridized carbons (Fsp3) is 0.533. The standard InChI is InChI=1S/C15H20Cl2N4/c1-20-4-5-21(14(10-20)15-18-2-3-19-15)9-11-6-12(16)8-13(17)7-11/h6-8,14H,2-5,9-10H2,1H3,(H,18,19). The van der Waals surface area contributed by atoms with E-state index in [2.05, 4.69) is 27.2 Å². The minimum absolute atomic E-state index is 0.323. The van der Waals surface area contributed by atoms with E-state index in [0.717, 1.165) is 50.7 Å². The molecule has 0 saturated carbocycles. The summed E-state index contributed by atoms with van der Waals surface area (Å²) in [6.07, 6.45) is 0. The fourth-order valence-corrected chi connectivity index (χ4v) is 3.55. The van der Waals surface area contributed by atoms with E-state index >= 15 is 0 Å². The Morgan fingerprint density at radius 2 is 2.00 bits per heavy atom. The summed E-state index contributed by atoms with van der Waals surface area (Å²) in [6, 6.07) is 6.08. The molecule has 6 heteroatoms. The highest BCUT2D eigenvalue weighted by Gasteiger charge is 2.30. The van der Waals surface area contributed by atoms with Gasteiger partial charge in [-0.15, -0.1) is 0 Å². The van der Waals surface area contributed by atoms with Crippen LogP contribution in [-0.4, -0.2) is 61.4 Å². The average molecular weight is 327 g/mol. The molecule has 2 aliphatic rings. The Kier molecular flexibility index (Phi) is 4.69. The minimum atomic E-state index is 0.323. The lowest BCUT2D eigenvalue weighted by molar-refractivity contribution is 0.117. The smallest absolute Gasteiger partial charge is 0.115 e. The van der Waals surface area contributed by atoms with Crippen LogP contribution in [0.3, 0.4) is 0 Å². The number of nitrogens with one attached hydrogen (secondary N) is 1. The summed E-state index contributed by atoms with van der Waals surface area (Å²) in [7, 11) is 2.16. The van der Waals surface area contributed by atoms with Crippen molar-refractivity contribution in [3.05, 3.63) is 33.8 Å². The molecule has 4 nitrogen and oxygen atoms in total. The minimum Gasteiger partial charge on any atom is -0.371 e. The van der Waals surface area contributed by atoms with Gasteiger partial charge in [-0.25, -0.2) is 0 Å². The van der Waals surface area contributed by atoms with Crippen molar-refractivity contribution in [2.75, 3.05) is 39.8 Å². The number of benzene rings is 1. The maximum atomic E-state index is 6.11. The van der Waals surface area contributed by atoms with Crippen molar-refractivity contribution in [3.63, 3.8) is 0 Å². The van der Waals surface area contributed by atoms with Crippen LogP contribution in [-0.2, 0) is 6.54 Å². The first-order valence-electron chi connectivity index (χ1n) is 7.27. The van der Waals surface area contributed by atoms with E-state index in [9.17, 15) is 0 Å². The number of rotatable bonds is 3. The zero-order valence-corrected chi connectivity index (χ0v) is 13.7. The summed E-state index contributed by atoms with van der Waals surface area (Å²) >= 11 is 12.2. The average Bonchev–Trinajstić information content (AvgIpc) is 2.93. The molecule has 0 radical (unpaired) electrons. The molecule has 0 spiro atoms. The van der Waals surface area contributed by atoms with Crippen molar-refractivity contribution >= 4 is 29.0 Å². The molecule has 1 aromatic carbocycles. The molecule has 2 heterocycles. The van der Waals surface area contributed by atoms with Crippen LogP contribution in [0, 0.1) is 0 Å². The van der Waals surface area contributed by atoms with Gasteiger partial charge in [0.2, 0.25) is 0 Å². The second kappa shape index (κ2) is 6.53. The molecule has 0 aliphatic carbocycles. The molecule has 1 saturated heterocycles. The third-order valence-electron chi connectivity index (χ3n) is 4.02. The summed E-state index contributed by atoms with van der Waals surface area (Å²) < 4.78 is 0. The van der Waals surface area contributed by atoms with Crippen molar-refractivity contribution in [1.29, 1.82) is 0 Å². The summed E-state index contributed by atoms with van der Waals surface area (Å²) in [6.45, 7) is 5.77. The molecule has 1 fully saturated rings. The molecule has 0 bridgehead atoms. The Morgan fingerprint density at radius 1 is 1.24 bits per heavy atom. The third-order valence-corrected chi connectivity index (χ3v) is 4.45. The molecule has 0 aromatic heterocycles. The summed E-state index contributed by atoms with van der Waals surface area (Å²) in [4.78, 5) is 9.42. The lowest BCUT2D eigenvalue weighted by atomic mass is 10.1. The van der Waals surface area contributed by atoms with Gasteiger partial charge in [-0.05, 0) is 30.8 Å². The normalized spacial score (nSPS) is 24.0. The number of piperazine rings is 1. The van der Waals surface area contributed by atoms with Gasteiger partial charge in [0.15, 0.2) is 0 Å². The molecule has 0 amide bonds. The SMILES string of the molecule is CN1CCN(Cc2cc(Cl)cc(Cl)c2)C(C2=NCCN2)C1. The van der Waals surface area contributed by atoms with Crippen LogP contribution in [0.2, 0.25) is 10.0 Å². The highest BCUT2D eigenvalue weighted by molar-refractivity contribution is 6.34. The first-order chi connectivity index (χ1) is 10.1. The topological polar surface area (TPSA) is 30.9 Å². The Labute approximate surface area is 135 Å². The fourth-order valence-electron chi connectivity index (χ4n) is 2.98. The molecule has 1 atom stereocenters. The van der Waals surface area contributed by atoms with E-state index in [0.29, 0.717) is 16.1 Å². The summed E-state index contributed by atoms with van der Waals surface area (Å²) in [5.74, 6) is 1.12. The Hall–Kier alpha value is -0.810. The van der Waals surface area contributed by atoms with Gasteiger partial charge in [-0.2, -0.15) is 0 Å². The van der Waals surface area contributed by atoms with E-state index in [1.807, 2.05) is 12.1 Å². The number of nitrogens with zero attached hydrogens (tertiary/aromatic N) is 3. The van der Waals surface area contributed by atoms with Gasteiger partial charge in [-0.3, -0.25) is 9.89 Å². The van der Waals surface area contributed by atoms with Crippen molar-refractivity contribution in [2.45, 2.75) is 12.6 Å². The number of halogens is 2. The zero-order valence-electron chi connectivity index (χ0n) is 12.1. The molecule has 3 rings (SSSR count). The van der Waals surface area contributed by atoms with E-state index in [-0.39, 0.29) is 0 Å². The van der Waals surface area contributed by atoms with Crippen molar-refractivity contribution < 1.29 is 0 Å². The molecular formula is C15H20Cl2N4. The predicted octanol–water partition coefficient (Wildman–Crippen LogP) is 2.11. The maximum absolute atomic E-state index is 6.11. The number of amidine groups is 1. The highest BCUT2D eigenvalue weighted by Crippen LogP contribution is 2.22. The molecule has 1 aromatic rings. The van der Waals surface area contributed by atoms with Crippen LogP contribution in [0.1, 0.15) is 5.56 Å². The highest BCUT2D eigenvalue weighted by atomic mass is 35.5. The van der Waals surface area contributed by atoms with Crippen LogP contribution < -0.4 is 5.32 Å². The van der Waals surface area contributed by atoms with Gasteiger partial charge in [0, 0.05) is 42.8 Å². The molecule has 1 unspecified atom stereocenters. The predicted molar refractivity (Wildman–Crippen MR) is 88.5 cm³/mol. The molecular weight excluding hydrogens is 307 g/mol. The van der Waals surface area contributed by atoms with Gasteiger partial charge < -0.3 is 10.2 Å². The van der Waals surface area contributed by atoms with E-state index in [1.165, 1.54) is 0 Å². The van der Waals surface area contributed by atoms with Crippen molar-refractivity contribution in [2.24, 2.45) is 4.99 Å². The quantitative estimate of drug-likeness (QED) is 0.923. The van der Waals surface area contributed by atoms with Gasteiger partial charge in [-0.1, -0.05) is 23.2 Å². The number of hydrogen-bond acceptors (Lipinski definition) is 4. The molecule has 1 N–H and O–H groups in total. The first kappa shape index (κ1) is 15.1. The first-order valence-corrected chi connectivity index (χ1v) is 8.03. The van der Waals surface area contributed by atoms with E-state index < -0.39 is 0 Å². The maximum Gasteiger partial charge on any atom is 0.115 e. The van der Waals surface area contributed by atoms with E-state index in [4.69, 9.17) is 23.2 Å². The van der Waals surface area contributed by atoms with Gasteiger partial charge >= 0.3 is 0 Å².